The molecule has 0 aliphatic heterocycles. The van der Waals surface area contributed by atoms with Gasteiger partial charge >= 0.3 is 0 Å². The molecule has 90 valence electrons. The van der Waals surface area contributed by atoms with E-state index in [4.69, 9.17) is 10.5 Å². The third-order valence-electron chi connectivity index (χ3n) is 2.66. The predicted octanol–water partition coefficient (Wildman–Crippen LogP) is 3.27. The van der Waals surface area contributed by atoms with E-state index in [1.165, 1.54) is 13.2 Å². The van der Waals surface area contributed by atoms with Crippen LogP contribution >= 0.6 is 0 Å². The lowest BCUT2D eigenvalue weighted by atomic mass is 9.98. The molecule has 0 spiro atoms. The zero-order chi connectivity index (χ0) is 12.1. The number of methoxy groups -OCH3 is 1. The molecule has 1 atom stereocenters. The number of hydrogen-bond acceptors (Lipinski definition) is 2. The van der Waals surface area contributed by atoms with Crippen molar-refractivity contribution < 1.29 is 9.13 Å². The summed E-state index contributed by atoms with van der Waals surface area (Å²) in [5.74, 6) is 0.549. The van der Waals surface area contributed by atoms with E-state index in [-0.39, 0.29) is 17.6 Å². The maximum atomic E-state index is 13.2. The molecule has 0 heterocycles. The Morgan fingerprint density at radius 2 is 2.00 bits per heavy atom. The van der Waals surface area contributed by atoms with Crippen molar-refractivity contribution in [2.75, 3.05) is 7.11 Å². The second kappa shape index (κ2) is 5.85. The van der Waals surface area contributed by atoms with Gasteiger partial charge in [-0.3, -0.25) is 0 Å². The summed E-state index contributed by atoms with van der Waals surface area (Å²) in [5.41, 5.74) is 6.97. The van der Waals surface area contributed by atoms with E-state index in [2.05, 4.69) is 13.8 Å². The Labute approximate surface area is 96.6 Å². The van der Waals surface area contributed by atoms with Crippen LogP contribution in [0.2, 0.25) is 0 Å². The standard InChI is InChI=1S/C13H20FNO/c1-9(2)4-7-12(15)10-5-6-11(14)13(8-10)16-3/h5-6,8-9,12H,4,7,15H2,1-3H3. The lowest BCUT2D eigenvalue weighted by Crippen LogP contribution is -2.11. The van der Waals surface area contributed by atoms with Crippen LogP contribution in [0.5, 0.6) is 5.75 Å². The summed E-state index contributed by atoms with van der Waals surface area (Å²) < 4.78 is 18.1. The lowest BCUT2D eigenvalue weighted by Gasteiger charge is -2.14. The number of nitrogens with two attached hydrogens (primary N) is 1. The van der Waals surface area contributed by atoms with E-state index >= 15 is 0 Å². The highest BCUT2D eigenvalue weighted by Gasteiger charge is 2.10. The fourth-order valence-electron chi connectivity index (χ4n) is 1.59. The molecule has 1 rings (SSSR count). The zero-order valence-electron chi connectivity index (χ0n) is 10.2. The Balaban J connectivity index is 2.72. The van der Waals surface area contributed by atoms with E-state index in [1.54, 1.807) is 12.1 Å². The fourth-order valence-corrected chi connectivity index (χ4v) is 1.59. The molecule has 0 aromatic heterocycles. The summed E-state index contributed by atoms with van der Waals surface area (Å²) in [4.78, 5) is 0. The third-order valence-corrected chi connectivity index (χ3v) is 2.66. The molecule has 0 amide bonds. The van der Waals surface area contributed by atoms with Crippen molar-refractivity contribution in [1.29, 1.82) is 0 Å². The molecular formula is C13H20FNO. The Morgan fingerprint density at radius 1 is 1.31 bits per heavy atom. The van der Waals surface area contributed by atoms with Crippen LogP contribution in [0.1, 0.15) is 38.3 Å². The highest BCUT2D eigenvalue weighted by Crippen LogP contribution is 2.24. The van der Waals surface area contributed by atoms with E-state index in [1.807, 2.05) is 0 Å². The predicted molar refractivity (Wildman–Crippen MR) is 64.0 cm³/mol. The van der Waals surface area contributed by atoms with Gasteiger partial charge in [-0.15, -0.1) is 0 Å². The molecule has 3 heteroatoms. The van der Waals surface area contributed by atoms with Crippen LogP contribution in [-0.4, -0.2) is 7.11 Å². The molecule has 0 radical (unpaired) electrons. The quantitative estimate of drug-likeness (QED) is 0.834. The van der Waals surface area contributed by atoms with Crippen molar-refractivity contribution in [3.05, 3.63) is 29.6 Å². The summed E-state index contributed by atoms with van der Waals surface area (Å²) >= 11 is 0. The number of hydrogen-bond donors (Lipinski definition) is 1. The smallest absolute Gasteiger partial charge is 0.165 e. The summed E-state index contributed by atoms with van der Waals surface area (Å²) in [7, 11) is 1.46. The first-order valence-electron chi connectivity index (χ1n) is 5.63. The number of rotatable bonds is 5. The van der Waals surface area contributed by atoms with Gasteiger partial charge in [0.15, 0.2) is 11.6 Å². The van der Waals surface area contributed by atoms with Crippen LogP contribution in [0.3, 0.4) is 0 Å². The normalized spacial score (nSPS) is 12.9. The van der Waals surface area contributed by atoms with Gasteiger partial charge in [0.1, 0.15) is 0 Å². The third kappa shape index (κ3) is 3.49. The van der Waals surface area contributed by atoms with Gasteiger partial charge in [0, 0.05) is 6.04 Å². The molecule has 0 saturated heterocycles. The van der Waals surface area contributed by atoms with E-state index < -0.39 is 0 Å². The van der Waals surface area contributed by atoms with Gasteiger partial charge in [-0.05, 0) is 36.5 Å². The van der Waals surface area contributed by atoms with Crippen LogP contribution in [0.4, 0.5) is 4.39 Å². The monoisotopic (exact) mass is 225 g/mol. The maximum absolute atomic E-state index is 13.2. The first-order valence-corrected chi connectivity index (χ1v) is 5.63. The minimum Gasteiger partial charge on any atom is -0.494 e. The van der Waals surface area contributed by atoms with Crippen molar-refractivity contribution in [2.24, 2.45) is 11.7 Å². The van der Waals surface area contributed by atoms with Crippen LogP contribution in [0, 0.1) is 11.7 Å². The number of ether oxygens (including phenoxy) is 1. The second-order valence-corrected chi connectivity index (χ2v) is 4.47. The fraction of sp³-hybridized carbons (Fsp3) is 0.538. The molecular weight excluding hydrogens is 205 g/mol. The van der Waals surface area contributed by atoms with Crippen LogP contribution in [-0.2, 0) is 0 Å². The average Bonchev–Trinajstić information content (AvgIpc) is 2.26. The molecule has 16 heavy (non-hydrogen) atoms. The van der Waals surface area contributed by atoms with Crippen LogP contribution in [0.25, 0.3) is 0 Å². The van der Waals surface area contributed by atoms with Crippen molar-refractivity contribution in [3.63, 3.8) is 0 Å². The van der Waals surface area contributed by atoms with Crippen molar-refractivity contribution in [1.82, 2.24) is 0 Å². The molecule has 2 N–H and O–H groups in total. The summed E-state index contributed by atoms with van der Waals surface area (Å²) in [6.07, 6.45) is 1.98. The van der Waals surface area contributed by atoms with Crippen molar-refractivity contribution in [3.8, 4) is 5.75 Å². The van der Waals surface area contributed by atoms with Gasteiger partial charge < -0.3 is 10.5 Å². The Bertz CT molecular complexity index is 339. The lowest BCUT2D eigenvalue weighted by molar-refractivity contribution is 0.385. The largest absolute Gasteiger partial charge is 0.494 e. The molecule has 0 aliphatic rings. The first-order chi connectivity index (χ1) is 7.54. The highest BCUT2D eigenvalue weighted by molar-refractivity contribution is 5.31. The summed E-state index contributed by atoms with van der Waals surface area (Å²) in [6.45, 7) is 4.33. The molecule has 0 saturated carbocycles. The molecule has 1 unspecified atom stereocenters. The highest BCUT2D eigenvalue weighted by atomic mass is 19.1. The summed E-state index contributed by atoms with van der Waals surface area (Å²) in [6, 6.07) is 4.77. The van der Waals surface area contributed by atoms with E-state index in [9.17, 15) is 4.39 Å². The van der Waals surface area contributed by atoms with Crippen LogP contribution in [0.15, 0.2) is 18.2 Å². The van der Waals surface area contributed by atoms with E-state index in [0.29, 0.717) is 5.92 Å². The second-order valence-electron chi connectivity index (χ2n) is 4.47. The van der Waals surface area contributed by atoms with Gasteiger partial charge in [0.05, 0.1) is 7.11 Å². The topological polar surface area (TPSA) is 35.2 Å². The van der Waals surface area contributed by atoms with Gasteiger partial charge in [-0.25, -0.2) is 4.39 Å². The molecule has 1 aromatic rings. The summed E-state index contributed by atoms with van der Waals surface area (Å²) in [5, 5.41) is 0. The average molecular weight is 225 g/mol. The molecule has 1 aromatic carbocycles. The van der Waals surface area contributed by atoms with Gasteiger partial charge in [-0.1, -0.05) is 19.9 Å². The Kier molecular flexibility index (Phi) is 4.74. The number of benzene rings is 1. The molecule has 2 nitrogen and oxygen atoms in total. The molecule has 0 aliphatic carbocycles. The van der Waals surface area contributed by atoms with Crippen molar-refractivity contribution in [2.45, 2.75) is 32.7 Å². The molecule has 0 fully saturated rings. The SMILES string of the molecule is COc1cc(C(N)CCC(C)C)ccc1F. The maximum Gasteiger partial charge on any atom is 0.165 e. The van der Waals surface area contributed by atoms with Gasteiger partial charge in [0.2, 0.25) is 0 Å². The van der Waals surface area contributed by atoms with Crippen molar-refractivity contribution >= 4 is 0 Å². The van der Waals surface area contributed by atoms with Crippen LogP contribution < -0.4 is 10.5 Å². The first kappa shape index (κ1) is 13.0. The minimum absolute atomic E-state index is 0.0445. The van der Waals surface area contributed by atoms with Gasteiger partial charge in [-0.2, -0.15) is 0 Å². The zero-order valence-corrected chi connectivity index (χ0v) is 10.2. The Morgan fingerprint density at radius 3 is 2.56 bits per heavy atom. The minimum atomic E-state index is -0.345. The van der Waals surface area contributed by atoms with Gasteiger partial charge in [0.25, 0.3) is 0 Å². The Hall–Kier alpha value is -1.09. The molecule has 0 bridgehead atoms. The number of halogens is 1. The van der Waals surface area contributed by atoms with E-state index in [0.717, 1.165) is 18.4 Å².